The third-order valence-corrected chi connectivity index (χ3v) is 3.37. The van der Waals surface area contributed by atoms with Gasteiger partial charge >= 0.3 is 0 Å². The molecule has 19 heavy (non-hydrogen) atoms. The van der Waals surface area contributed by atoms with E-state index in [9.17, 15) is 0 Å². The first-order valence-corrected chi connectivity index (χ1v) is 6.90. The minimum Gasteiger partial charge on any atom is -0.396 e. The molecule has 1 aromatic carbocycles. The fourth-order valence-corrected chi connectivity index (χ4v) is 2.29. The zero-order valence-electron chi connectivity index (χ0n) is 11.9. The van der Waals surface area contributed by atoms with E-state index < -0.39 is 0 Å². The SMILES string of the molecule is CCC(CCO)NC(CN)c1ccccc1COC. The molecule has 2 atom stereocenters. The van der Waals surface area contributed by atoms with Gasteiger partial charge in [-0.15, -0.1) is 0 Å². The number of ether oxygens (including phenoxy) is 1. The first kappa shape index (κ1) is 16.1. The molecule has 2 unspecified atom stereocenters. The number of hydrogen-bond donors (Lipinski definition) is 3. The Labute approximate surface area is 116 Å². The lowest BCUT2D eigenvalue weighted by Crippen LogP contribution is -2.37. The zero-order chi connectivity index (χ0) is 14.1. The van der Waals surface area contributed by atoms with Crippen LogP contribution in [0.4, 0.5) is 0 Å². The molecule has 0 aliphatic rings. The van der Waals surface area contributed by atoms with Crippen molar-refractivity contribution in [3.63, 3.8) is 0 Å². The van der Waals surface area contributed by atoms with Crippen molar-refractivity contribution in [3.8, 4) is 0 Å². The van der Waals surface area contributed by atoms with Gasteiger partial charge in [-0.1, -0.05) is 31.2 Å². The third kappa shape index (κ3) is 4.91. The Bertz CT molecular complexity index is 358. The number of aliphatic hydroxyl groups excluding tert-OH is 1. The fourth-order valence-electron chi connectivity index (χ4n) is 2.29. The molecule has 0 heterocycles. The van der Waals surface area contributed by atoms with Gasteiger partial charge in [-0.2, -0.15) is 0 Å². The van der Waals surface area contributed by atoms with Gasteiger partial charge in [-0.25, -0.2) is 0 Å². The molecule has 0 aliphatic carbocycles. The molecule has 0 saturated carbocycles. The Morgan fingerprint density at radius 2 is 2.11 bits per heavy atom. The number of methoxy groups -OCH3 is 1. The highest BCUT2D eigenvalue weighted by Gasteiger charge is 2.16. The fraction of sp³-hybridized carbons (Fsp3) is 0.600. The second-order valence-corrected chi connectivity index (χ2v) is 4.70. The highest BCUT2D eigenvalue weighted by atomic mass is 16.5. The largest absolute Gasteiger partial charge is 0.396 e. The van der Waals surface area contributed by atoms with E-state index in [0.717, 1.165) is 18.4 Å². The van der Waals surface area contributed by atoms with Crippen molar-refractivity contribution in [2.24, 2.45) is 5.73 Å². The topological polar surface area (TPSA) is 67.5 Å². The molecule has 108 valence electrons. The predicted molar refractivity (Wildman–Crippen MR) is 77.9 cm³/mol. The minimum absolute atomic E-state index is 0.0999. The summed E-state index contributed by atoms with van der Waals surface area (Å²) < 4.78 is 5.23. The van der Waals surface area contributed by atoms with Crippen LogP contribution in [0.5, 0.6) is 0 Å². The molecule has 0 spiro atoms. The second kappa shape index (κ2) is 9.04. The van der Waals surface area contributed by atoms with Crippen molar-refractivity contribution in [1.29, 1.82) is 0 Å². The Hall–Kier alpha value is -0.940. The van der Waals surface area contributed by atoms with Crippen LogP contribution in [0.1, 0.15) is 36.9 Å². The number of nitrogens with one attached hydrogen (secondary N) is 1. The Morgan fingerprint density at radius 3 is 2.68 bits per heavy atom. The molecule has 0 bridgehead atoms. The smallest absolute Gasteiger partial charge is 0.0716 e. The maximum atomic E-state index is 9.07. The summed E-state index contributed by atoms with van der Waals surface area (Å²) in [5, 5.41) is 12.6. The van der Waals surface area contributed by atoms with Crippen molar-refractivity contribution in [2.45, 2.75) is 38.5 Å². The second-order valence-electron chi connectivity index (χ2n) is 4.70. The van der Waals surface area contributed by atoms with E-state index in [0.29, 0.717) is 13.2 Å². The van der Waals surface area contributed by atoms with E-state index >= 15 is 0 Å². The average molecular weight is 266 g/mol. The number of aliphatic hydroxyl groups is 1. The van der Waals surface area contributed by atoms with Gasteiger partial charge in [0.15, 0.2) is 0 Å². The summed E-state index contributed by atoms with van der Waals surface area (Å²) in [6.45, 7) is 3.43. The van der Waals surface area contributed by atoms with Gasteiger partial charge in [0.25, 0.3) is 0 Å². The van der Waals surface area contributed by atoms with Gasteiger partial charge < -0.3 is 20.9 Å². The zero-order valence-corrected chi connectivity index (χ0v) is 11.9. The summed E-state index contributed by atoms with van der Waals surface area (Å²) in [4.78, 5) is 0. The van der Waals surface area contributed by atoms with Crippen LogP contribution in [0, 0.1) is 0 Å². The van der Waals surface area contributed by atoms with Gasteiger partial charge in [-0.05, 0) is 24.0 Å². The molecule has 0 saturated heterocycles. The number of nitrogens with two attached hydrogens (primary N) is 1. The quantitative estimate of drug-likeness (QED) is 0.635. The van der Waals surface area contributed by atoms with E-state index in [4.69, 9.17) is 15.6 Å². The highest BCUT2D eigenvalue weighted by Crippen LogP contribution is 2.19. The van der Waals surface area contributed by atoms with Crippen molar-refractivity contribution in [3.05, 3.63) is 35.4 Å². The molecule has 0 fully saturated rings. The Balaban J connectivity index is 2.83. The van der Waals surface area contributed by atoms with Gasteiger partial charge in [0.2, 0.25) is 0 Å². The van der Waals surface area contributed by atoms with Crippen molar-refractivity contribution < 1.29 is 9.84 Å². The lowest BCUT2D eigenvalue weighted by atomic mass is 9.99. The van der Waals surface area contributed by atoms with Crippen molar-refractivity contribution in [1.82, 2.24) is 5.32 Å². The first-order chi connectivity index (χ1) is 9.26. The van der Waals surface area contributed by atoms with Gasteiger partial charge in [0, 0.05) is 32.3 Å². The molecular weight excluding hydrogens is 240 g/mol. The lowest BCUT2D eigenvalue weighted by molar-refractivity contribution is 0.183. The third-order valence-electron chi connectivity index (χ3n) is 3.37. The molecule has 1 rings (SSSR count). The number of rotatable bonds is 9. The van der Waals surface area contributed by atoms with E-state index in [1.165, 1.54) is 5.56 Å². The molecule has 4 nitrogen and oxygen atoms in total. The Morgan fingerprint density at radius 1 is 1.37 bits per heavy atom. The highest BCUT2D eigenvalue weighted by molar-refractivity contribution is 5.30. The van der Waals surface area contributed by atoms with Crippen LogP contribution < -0.4 is 11.1 Å². The molecule has 0 aromatic heterocycles. The van der Waals surface area contributed by atoms with Crippen LogP contribution >= 0.6 is 0 Å². The van der Waals surface area contributed by atoms with Gasteiger partial charge in [0.1, 0.15) is 0 Å². The predicted octanol–water partition coefficient (Wildman–Crippen LogP) is 1.58. The average Bonchev–Trinajstić information content (AvgIpc) is 2.45. The van der Waals surface area contributed by atoms with E-state index in [-0.39, 0.29) is 18.7 Å². The maximum absolute atomic E-state index is 9.07. The summed E-state index contributed by atoms with van der Waals surface area (Å²) in [7, 11) is 1.70. The first-order valence-electron chi connectivity index (χ1n) is 6.90. The molecule has 4 heteroatoms. The molecule has 0 aliphatic heterocycles. The summed E-state index contributed by atoms with van der Waals surface area (Å²) >= 11 is 0. The van der Waals surface area contributed by atoms with Crippen LogP contribution in [0.2, 0.25) is 0 Å². The Kier molecular flexibility index (Phi) is 7.67. The summed E-state index contributed by atoms with van der Waals surface area (Å²) in [6.07, 6.45) is 1.73. The molecule has 1 aromatic rings. The molecule has 0 radical (unpaired) electrons. The monoisotopic (exact) mass is 266 g/mol. The summed E-state index contributed by atoms with van der Waals surface area (Å²) in [5.41, 5.74) is 8.25. The number of benzene rings is 1. The van der Waals surface area contributed by atoms with E-state index in [2.05, 4.69) is 24.4 Å². The van der Waals surface area contributed by atoms with Crippen LogP contribution in [0.15, 0.2) is 24.3 Å². The molecular formula is C15H26N2O2. The van der Waals surface area contributed by atoms with Gasteiger partial charge in [-0.3, -0.25) is 0 Å². The lowest BCUT2D eigenvalue weighted by Gasteiger charge is -2.25. The van der Waals surface area contributed by atoms with Crippen LogP contribution in [0.25, 0.3) is 0 Å². The van der Waals surface area contributed by atoms with E-state index in [1.807, 2.05) is 12.1 Å². The van der Waals surface area contributed by atoms with Crippen molar-refractivity contribution in [2.75, 3.05) is 20.3 Å². The molecule has 0 amide bonds. The standard InChI is InChI=1S/C15H26N2O2/c1-3-13(8-9-18)17-15(10-16)14-7-5-4-6-12(14)11-19-2/h4-7,13,15,17-18H,3,8-11,16H2,1-2H3. The van der Waals surface area contributed by atoms with Crippen LogP contribution in [0.3, 0.4) is 0 Å². The van der Waals surface area contributed by atoms with Crippen molar-refractivity contribution >= 4 is 0 Å². The van der Waals surface area contributed by atoms with Crippen LogP contribution in [-0.2, 0) is 11.3 Å². The summed E-state index contributed by atoms with van der Waals surface area (Å²) in [6, 6.07) is 8.57. The van der Waals surface area contributed by atoms with E-state index in [1.54, 1.807) is 7.11 Å². The number of hydrogen-bond acceptors (Lipinski definition) is 4. The normalized spacial score (nSPS) is 14.3. The summed E-state index contributed by atoms with van der Waals surface area (Å²) in [5.74, 6) is 0. The maximum Gasteiger partial charge on any atom is 0.0716 e. The minimum atomic E-state index is 0.0999. The van der Waals surface area contributed by atoms with Crippen LogP contribution in [-0.4, -0.2) is 31.4 Å². The van der Waals surface area contributed by atoms with Gasteiger partial charge in [0.05, 0.1) is 6.61 Å². The molecule has 4 N–H and O–H groups in total.